The Bertz CT molecular complexity index is 865. The minimum Gasteiger partial charge on any atom is -0.485 e. The van der Waals surface area contributed by atoms with Gasteiger partial charge in [-0.25, -0.2) is 4.39 Å². The van der Waals surface area contributed by atoms with Crippen LogP contribution in [-0.4, -0.2) is 60.5 Å². The standard InChI is InChI=1S/C20H19FN2O4/c21-15-5-3-4-14(12-15)19(24)22-8-10-23(11-9-22)20(25)18-13-26-16-6-1-2-7-17(16)27-18/h1-7,12,18H,8-11,13H2/t18-/m1/s1. The van der Waals surface area contributed by atoms with Gasteiger partial charge in [0.15, 0.2) is 11.5 Å². The van der Waals surface area contributed by atoms with E-state index >= 15 is 0 Å². The molecule has 1 saturated heterocycles. The Morgan fingerprint density at radius 3 is 2.37 bits per heavy atom. The van der Waals surface area contributed by atoms with Gasteiger partial charge in [-0.2, -0.15) is 0 Å². The van der Waals surface area contributed by atoms with Gasteiger partial charge in [0, 0.05) is 31.7 Å². The molecule has 4 rings (SSSR count). The van der Waals surface area contributed by atoms with Crippen molar-refractivity contribution in [2.75, 3.05) is 32.8 Å². The Kier molecular flexibility index (Phi) is 4.66. The molecular weight excluding hydrogens is 351 g/mol. The van der Waals surface area contributed by atoms with Crippen molar-refractivity contribution in [1.82, 2.24) is 9.80 Å². The number of carbonyl (C=O) groups excluding carboxylic acids is 2. The zero-order valence-electron chi connectivity index (χ0n) is 14.6. The van der Waals surface area contributed by atoms with E-state index in [-0.39, 0.29) is 18.4 Å². The number of benzene rings is 2. The molecule has 2 heterocycles. The number of hydrogen-bond acceptors (Lipinski definition) is 4. The molecule has 2 amide bonds. The van der Waals surface area contributed by atoms with E-state index in [1.54, 1.807) is 28.0 Å². The maximum atomic E-state index is 13.3. The lowest BCUT2D eigenvalue weighted by atomic mass is 10.1. The summed E-state index contributed by atoms with van der Waals surface area (Å²) in [7, 11) is 0. The second kappa shape index (κ2) is 7.26. The SMILES string of the molecule is O=C(c1cccc(F)c1)N1CCN(C(=O)[C@H]2COc3ccccc3O2)CC1. The molecule has 0 N–H and O–H groups in total. The summed E-state index contributed by atoms with van der Waals surface area (Å²) in [4.78, 5) is 28.5. The third-order valence-corrected chi connectivity index (χ3v) is 4.73. The molecule has 0 radical (unpaired) electrons. The maximum Gasteiger partial charge on any atom is 0.267 e. The van der Waals surface area contributed by atoms with Gasteiger partial charge < -0.3 is 19.3 Å². The highest BCUT2D eigenvalue weighted by Crippen LogP contribution is 2.31. The van der Waals surface area contributed by atoms with E-state index in [1.807, 2.05) is 12.1 Å². The molecule has 6 nitrogen and oxygen atoms in total. The van der Waals surface area contributed by atoms with E-state index in [2.05, 4.69) is 0 Å². The summed E-state index contributed by atoms with van der Waals surface area (Å²) in [5, 5.41) is 0. The monoisotopic (exact) mass is 370 g/mol. The summed E-state index contributed by atoms with van der Waals surface area (Å²) in [6.07, 6.45) is -0.689. The second-order valence-corrected chi connectivity index (χ2v) is 6.49. The average molecular weight is 370 g/mol. The number of piperazine rings is 1. The van der Waals surface area contributed by atoms with Crippen LogP contribution in [0.15, 0.2) is 48.5 Å². The lowest BCUT2D eigenvalue weighted by Gasteiger charge is -2.37. The first-order valence-electron chi connectivity index (χ1n) is 8.84. The van der Waals surface area contributed by atoms with Crippen molar-refractivity contribution in [3.05, 3.63) is 59.9 Å². The Labute approximate surface area is 156 Å². The third-order valence-electron chi connectivity index (χ3n) is 4.73. The predicted octanol–water partition coefficient (Wildman–Crippen LogP) is 1.95. The average Bonchev–Trinajstić information content (AvgIpc) is 2.72. The number of halogens is 1. The minimum absolute atomic E-state index is 0.151. The normalized spacial score (nSPS) is 18.9. The summed E-state index contributed by atoms with van der Waals surface area (Å²) >= 11 is 0. The van der Waals surface area contributed by atoms with Gasteiger partial charge in [-0.1, -0.05) is 18.2 Å². The molecule has 2 aromatic rings. The Morgan fingerprint density at radius 1 is 0.926 bits per heavy atom. The number of amides is 2. The molecule has 0 saturated carbocycles. The predicted molar refractivity (Wildman–Crippen MR) is 95.2 cm³/mol. The molecule has 1 fully saturated rings. The van der Waals surface area contributed by atoms with E-state index in [1.165, 1.54) is 18.2 Å². The van der Waals surface area contributed by atoms with Crippen molar-refractivity contribution < 1.29 is 23.5 Å². The molecule has 0 spiro atoms. The van der Waals surface area contributed by atoms with Gasteiger partial charge >= 0.3 is 0 Å². The number of nitrogens with zero attached hydrogens (tertiary/aromatic N) is 2. The first-order valence-corrected chi connectivity index (χ1v) is 8.84. The fourth-order valence-electron chi connectivity index (χ4n) is 3.28. The van der Waals surface area contributed by atoms with Crippen LogP contribution in [0.4, 0.5) is 4.39 Å². The molecule has 1 atom stereocenters. The van der Waals surface area contributed by atoms with Crippen molar-refractivity contribution in [2.45, 2.75) is 6.10 Å². The molecule has 140 valence electrons. The molecule has 27 heavy (non-hydrogen) atoms. The molecule has 0 aromatic heterocycles. The fourth-order valence-corrected chi connectivity index (χ4v) is 3.28. The number of rotatable bonds is 2. The third kappa shape index (κ3) is 3.58. The van der Waals surface area contributed by atoms with E-state index < -0.39 is 11.9 Å². The van der Waals surface area contributed by atoms with E-state index in [0.29, 0.717) is 43.2 Å². The van der Waals surface area contributed by atoms with E-state index in [0.717, 1.165) is 0 Å². The molecule has 0 unspecified atom stereocenters. The lowest BCUT2D eigenvalue weighted by molar-refractivity contribution is -0.142. The fraction of sp³-hybridized carbons (Fsp3) is 0.300. The first kappa shape index (κ1) is 17.3. The smallest absolute Gasteiger partial charge is 0.267 e. The van der Waals surface area contributed by atoms with Crippen LogP contribution in [0.3, 0.4) is 0 Å². The lowest BCUT2D eigenvalue weighted by Crippen LogP contribution is -2.55. The molecule has 2 aliphatic rings. The molecule has 0 aliphatic carbocycles. The van der Waals surface area contributed by atoms with Gasteiger partial charge in [-0.3, -0.25) is 9.59 Å². The maximum absolute atomic E-state index is 13.3. The highest BCUT2D eigenvalue weighted by Gasteiger charge is 2.33. The van der Waals surface area contributed by atoms with Crippen molar-refractivity contribution in [1.29, 1.82) is 0 Å². The molecule has 2 aromatic carbocycles. The van der Waals surface area contributed by atoms with Gasteiger partial charge in [0.2, 0.25) is 6.10 Å². The summed E-state index contributed by atoms with van der Waals surface area (Å²) in [6, 6.07) is 12.9. The van der Waals surface area contributed by atoms with Crippen LogP contribution in [0.5, 0.6) is 11.5 Å². The highest BCUT2D eigenvalue weighted by atomic mass is 19.1. The van der Waals surface area contributed by atoms with Gasteiger partial charge in [0.1, 0.15) is 12.4 Å². The molecular formula is C20H19FN2O4. The summed E-state index contributed by atoms with van der Waals surface area (Å²) in [5.41, 5.74) is 0.315. The van der Waals surface area contributed by atoms with Crippen molar-refractivity contribution in [2.24, 2.45) is 0 Å². The van der Waals surface area contributed by atoms with Crippen molar-refractivity contribution in [3.8, 4) is 11.5 Å². The van der Waals surface area contributed by atoms with Crippen LogP contribution in [0, 0.1) is 5.82 Å². The zero-order valence-corrected chi connectivity index (χ0v) is 14.6. The highest BCUT2D eigenvalue weighted by molar-refractivity contribution is 5.94. The summed E-state index contributed by atoms with van der Waals surface area (Å²) in [6.45, 7) is 1.76. The van der Waals surface area contributed by atoms with E-state index in [9.17, 15) is 14.0 Å². The zero-order chi connectivity index (χ0) is 18.8. The minimum atomic E-state index is -0.689. The quantitative estimate of drug-likeness (QED) is 0.811. The van der Waals surface area contributed by atoms with Gasteiger partial charge in [0.05, 0.1) is 0 Å². The summed E-state index contributed by atoms with van der Waals surface area (Å²) < 4.78 is 24.7. The number of hydrogen-bond donors (Lipinski definition) is 0. The van der Waals surface area contributed by atoms with Gasteiger partial charge in [-0.15, -0.1) is 0 Å². The number of para-hydroxylation sites is 2. The van der Waals surface area contributed by atoms with Crippen molar-refractivity contribution >= 4 is 11.8 Å². The van der Waals surface area contributed by atoms with Crippen LogP contribution >= 0.6 is 0 Å². The van der Waals surface area contributed by atoms with Gasteiger partial charge in [0.25, 0.3) is 11.8 Å². The molecule has 0 bridgehead atoms. The van der Waals surface area contributed by atoms with Crippen LogP contribution in [-0.2, 0) is 4.79 Å². The number of ether oxygens (including phenoxy) is 2. The Balaban J connectivity index is 1.35. The molecule has 2 aliphatic heterocycles. The summed E-state index contributed by atoms with van der Waals surface area (Å²) in [5.74, 6) is 0.369. The number of carbonyl (C=O) groups is 2. The van der Waals surface area contributed by atoms with E-state index in [4.69, 9.17) is 9.47 Å². The Morgan fingerprint density at radius 2 is 1.63 bits per heavy atom. The largest absolute Gasteiger partial charge is 0.485 e. The van der Waals surface area contributed by atoms with Crippen LogP contribution in [0.1, 0.15) is 10.4 Å². The second-order valence-electron chi connectivity index (χ2n) is 6.49. The first-order chi connectivity index (χ1) is 13.1. The van der Waals surface area contributed by atoms with Gasteiger partial charge in [-0.05, 0) is 30.3 Å². The van der Waals surface area contributed by atoms with Crippen molar-refractivity contribution in [3.63, 3.8) is 0 Å². The topological polar surface area (TPSA) is 59.1 Å². The van der Waals surface area contributed by atoms with Crippen LogP contribution in [0.2, 0.25) is 0 Å². The van der Waals surface area contributed by atoms with Crippen LogP contribution < -0.4 is 9.47 Å². The Hall–Kier alpha value is -3.09. The number of fused-ring (bicyclic) bond motifs is 1. The molecule has 7 heteroatoms. The van der Waals surface area contributed by atoms with Crippen LogP contribution in [0.25, 0.3) is 0 Å².